The van der Waals surface area contributed by atoms with Gasteiger partial charge in [0.2, 0.25) is 11.8 Å². The zero-order valence-corrected chi connectivity index (χ0v) is 42.8. The molecule has 5 aliphatic heterocycles. The maximum Gasteiger partial charge on any atom is 0.329 e. The number of aromatic hydroxyl groups is 1. The number of hydrogen-bond acceptors (Lipinski definition) is 13. The molecule has 11 rings (SSSR count). The number of phenols is 1. The lowest BCUT2D eigenvalue weighted by atomic mass is 9.94. The minimum atomic E-state index is -0.664. The Bertz CT molecular complexity index is 3090. The number of aryl methyl sites for hydroxylation is 2. The molecular weight excluding hydrogens is 933 g/mol. The molecule has 5 aliphatic rings. The molecular formula is C55H69F2N11O5. The minimum absolute atomic E-state index is 0.00702. The van der Waals surface area contributed by atoms with Gasteiger partial charge in [0.05, 0.1) is 23.5 Å². The average molecular weight is 1000 g/mol. The third-order valence-electron chi connectivity index (χ3n) is 16.1. The standard InChI is InChI=1S/C29H43N7O3.C26H26F2N4O2/c1-32-12-9-22(19-32)30-21-10-13-34(14-11-21)18-20-7-15-35(16-8-20)23-3-4-24-26(17-23)33(2)29(39)36(24)25-5-6-27(37)31-28(25)38;1-4-17-20(27)8-7-15-10-16(33)11-18(21(15)17)23-22(28)24-19(12-29-23)25(31-26(30-24)34-3)32-9-5-6-14(2)13-32/h3-4,17,20-22,25,30H,5-16,18-19H2,1-2H3,(H,31,37,38);7-8,10-12,14,33H,4-6,9,13H2,1-3H3/t22-,25?;14-/m10/s1. The number of imidazole rings is 1. The summed E-state index contributed by atoms with van der Waals surface area (Å²) in [5.74, 6) is 0.0432. The molecule has 3 aromatic carbocycles. The van der Waals surface area contributed by atoms with Crippen LogP contribution in [0.1, 0.15) is 83.2 Å². The number of halogens is 2. The Kier molecular flexibility index (Phi) is 14.7. The summed E-state index contributed by atoms with van der Waals surface area (Å²) in [7, 11) is 5.42. The second-order valence-electron chi connectivity index (χ2n) is 21.2. The molecule has 5 saturated heterocycles. The van der Waals surface area contributed by atoms with Crippen molar-refractivity contribution < 1.29 is 28.2 Å². The average Bonchev–Trinajstić information content (AvgIpc) is 3.91. The van der Waals surface area contributed by atoms with Gasteiger partial charge in [0.25, 0.3) is 0 Å². The SMILES string of the molecule is CCc1c(F)ccc2cc(O)cc(-c3ncc4c(N5CCC[C@H](C)C5)nc(OC)nc4c3F)c12.CN1CC[C@@H](NC2CCN(CC3CCN(c4ccc5c(c4)n(C)c(=O)n5C4CCC(=O)NC4=O)CC3)CC2)C1. The molecule has 3 atom stereocenters. The smallest absolute Gasteiger partial charge is 0.329 e. The first-order valence-electron chi connectivity index (χ1n) is 26.3. The number of piperidine rings is 4. The number of rotatable bonds is 10. The zero-order chi connectivity index (χ0) is 51.1. The van der Waals surface area contributed by atoms with Gasteiger partial charge in [-0.1, -0.05) is 19.9 Å². The van der Waals surface area contributed by atoms with E-state index in [0.29, 0.717) is 63.9 Å². The van der Waals surface area contributed by atoms with Crippen LogP contribution in [0.2, 0.25) is 0 Å². The van der Waals surface area contributed by atoms with Crippen molar-refractivity contribution in [3.05, 3.63) is 76.3 Å². The van der Waals surface area contributed by atoms with Crippen LogP contribution in [0.5, 0.6) is 11.8 Å². The number of imide groups is 1. The van der Waals surface area contributed by atoms with Gasteiger partial charge in [0.15, 0.2) is 5.82 Å². The summed E-state index contributed by atoms with van der Waals surface area (Å²) < 4.78 is 39.2. The molecule has 2 amide bonds. The molecule has 3 aromatic heterocycles. The fourth-order valence-electron chi connectivity index (χ4n) is 12.2. The monoisotopic (exact) mass is 1000 g/mol. The Morgan fingerprint density at radius 1 is 0.849 bits per heavy atom. The van der Waals surface area contributed by atoms with Crippen molar-refractivity contribution >= 4 is 56.0 Å². The number of anilines is 2. The molecule has 8 heterocycles. The highest BCUT2D eigenvalue weighted by atomic mass is 19.1. The largest absolute Gasteiger partial charge is 0.508 e. The van der Waals surface area contributed by atoms with E-state index < -0.39 is 17.8 Å². The second-order valence-corrected chi connectivity index (χ2v) is 21.2. The number of nitrogens with zero attached hydrogens (tertiary/aromatic N) is 9. The van der Waals surface area contributed by atoms with E-state index in [4.69, 9.17) is 4.74 Å². The normalized spacial score (nSPS) is 21.8. The minimum Gasteiger partial charge on any atom is -0.508 e. The third-order valence-corrected chi connectivity index (χ3v) is 16.1. The fraction of sp³-hybridized carbons (Fsp3) is 0.527. The number of methoxy groups -OCH3 is 1. The number of nitrogens with one attached hydrogen (secondary N) is 2. The predicted octanol–water partition coefficient (Wildman–Crippen LogP) is 6.93. The van der Waals surface area contributed by atoms with Crippen LogP contribution in [0, 0.1) is 23.5 Å². The molecule has 5 fully saturated rings. The van der Waals surface area contributed by atoms with Crippen molar-refractivity contribution in [2.75, 3.05) is 82.9 Å². The summed E-state index contributed by atoms with van der Waals surface area (Å²) in [4.78, 5) is 60.1. The van der Waals surface area contributed by atoms with Gasteiger partial charge >= 0.3 is 11.7 Å². The maximum absolute atomic E-state index is 16.1. The first-order chi connectivity index (χ1) is 35.3. The van der Waals surface area contributed by atoms with Crippen molar-refractivity contribution in [1.29, 1.82) is 0 Å². The first-order valence-corrected chi connectivity index (χ1v) is 26.3. The molecule has 0 aliphatic carbocycles. The van der Waals surface area contributed by atoms with Crippen molar-refractivity contribution in [3.63, 3.8) is 0 Å². The number of carbonyl (C=O) groups excluding carboxylic acids is 2. The van der Waals surface area contributed by atoms with Gasteiger partial charge in [-0.15, -0.1) is 0 Å². The van der Waals surface area contributed by atoms with Gasteiger partial charge in [0, 0.05) is 82.3 Å². The van der Waals surface area contributed by atoms with Gasteiger partial charge in [0.1, 0.15) is 34.6 Å². The Hall–Kier alpha value is -6.24. The van der Waals surface area contributed by atoms with E-state index in [1.165, 1.54) is 90.1 Å². The quantitative estimate of drug-likeness (QED) is 0.121. The van der Waals surface area contributed by atoms with Crippen molar-refractivity contribution in [2.45, 2.75) is 96.2 Å². The summed E-state index contributed by atoms with van der Waals surface area (Å²) in [6.45, 7) is 13.7. The van der Waals surface area contributed by atoms with Crippen molar-refractivity contribution in [3.8, 4) is 23.0 Å². The Labute approximate surface area is 424 Å². The van der Waals surface area contributed by atoms with Gasteiger partial charge in [-0.3, -0.25) is 29.0 Å². The van der Waals surface area contributed by atoms with E-state index >= 15 is 4.39 Å². The Morgan fingerprint density at radius 2 is 1.63 bits per heavy atom. The number of hydrogen-bond donors (Lipinski definition) is 3. The van der Waals surface area contributed by atoms with Crippen LogP contribution >= 0.6 is 0 Å². The van der Waals surface area contributed by atoms with Gasteiger partial charge in [-0.2, -0.15) is 9.97 Å². The Balaban J connectivity index is 0.000000169. The number of fused-ring (bicyclic) bond motifs is 3. The van der Waals surface area contributed by atoms with E-state index in [-0.39, 0.29) is 46.8 Å². The number of amides is 2. The topological polar surface area (TPSA) is 166 Å². The fourth-order valence-corrected chi connectivity index (χ4v) is 12.2. The van der Waals surface area contributed by atoms with Crippen LogP contribution in [0.3, 0.4) is 0 Å². The molecule has 1 unspecified atom stereocenters. The highest BCUT2D eigenvalue weighted by molar-refractivity contribution is 6.02. The van der Waals surface area contributed by atoms with Crippen LogP contribution in [0.25, 0.3) is 44.0 Å². The van der Waals surface area contributed by atoms with E-state index in [0.717, 1.165) is 61.7 Å². The molecule has 0 saturated carbocycles. The number of likely N-dealkylation sites (tertiary alicyclic amines) is 2. The summed E-state index contributed by atoms with van der Waals surface area (Å²) >= 11 is 0. The number of likely N-dealkylation sites (N-methyl/N-ethyl adjacent to an activating group) is 1. The first kappa shape index (κ1) is 50.3. The van der Waals surface area contributed by atoms with E-state index in [1.807, 2.05) is 13.0 Å². The Morgan fingerprint density at radius 3 is 2.34 bits per heavy atom. The lowest BCUT2D eigenvalue weighted by Crippen LogP contribution is -2.48. The lowest BCUT2D eigenvalue weighted by molar-refractivity contribution is -0.135. The second kappa shape index (κ2) is 21.3. The number of pyridine rings is 1. The molecule has 73 heavy (non-hydrogen) atoms. The number of ether oxygens (including phenoxy) is 1. The summed E-state index contributed by atoms with van der Waals surface area (Å²) in [5.41, 5.74) is 3.31. The molecule has 388 valence electrons. The third kappa shape index (κ3) is 10.3. The highest BCUT2D eigenvalue weighted by Crippen LogP contribution is 2.40. The number of aromatic nitrogens is 5. The van der Waals surface area contributed by atoms with Crippen LogP contribution in [-0.4, -0.2) is 136 Å². The van der Waals surface area contributed by atoms with Crippen molar-refractivity contribution in [2.24, 2.45) is 18.9 Å². The zero-order valence-electron chi connectivity index (χ0n) is 42.8. The maximum atomic E-state index is 16.1. The van der Waals surface area contributed by atoms with Crippen molar-refractivity contribution in [1.82, 2.24) is 44.5 Å². The number of phenolic OH excluding ortho intramolecular Hbond substituents is 1. The summed E-state index contributed by atoms with van der Waals surface area (Å²) in [5, 5.41) is 18.2. The van der Waals surface area contributed by atoms with E-state index in [2.05, 4.69) is 71.3 Å². The number of benzene rings is 3. The van der Waals surface area contributed by atoms with Crippen LogP contribution in [0.15, 0.2) is 53.5 Å². The van der Waals surface area contributed by atoms with E-state index in [9.17, 15) is 23.9 Å². The van der Waals surface area contributed by atoms with E-state index in [1.54, 1.807) is 28.4 Å². The molecule has 18 heteroatoms. The van der Waals surface area contributed by atoms with Crippen LogP contribution in [-0.2, 0) is 23.1 Å². The molecule has 16 nitrogen and oxygen atoms in total. The molecule has 6 aromatic rings. The number of carbonyl (C=O) groups is 2. The predicted molar refractivity (Wildman–Crippen MR) is 280 cm³/mol. The summed E-state index contributed by atoms with van der Waals surface area (Å²) in [6, 6.07) is 12.8. The molecule has 0 spiro atoms. The molecule has 0 radical (unpaired) electrons. The van der Waals surface area contributed by atoms with Gasteiger partial charge in [-0.25, -0.2) is 13.6 Å². The van der Waals surface area contributed by atoms with Crippen LogP contribution < -0.4 is 30.9 Å². The van der Waals surface area contributed by atoms with Crippen LogP contribution in [0.4, 0.5) is 20.3 Å². The molecule has 0 bridgehead atoms. The van der Waals surface area contributed by atoms with Gasteiger partial charge in [-0.05, 0) is 149 Å². The summed E-state index contributed by atoms with van der Waals surface area (Å²) in [6.07, 6.45) is 10.9. The van der Waals surface area contributed by atoms with Gasteiger partial charge < -0.3 is 34.8 Å². The highest BCUT2D eigenvalue weighted by Gasteiger charge is 2.33. The lowest BCUT2D eigenvalue weighted by Gasteiger charge is -2.39. The molecule has 3 N–H and O–H groups in total.